The van der Waals surface area contributed by atoms with Gasteiger partial charge in [-0.3, -0.25) is 4.79 Å². The van der Waals surface area contributed by atoms with Gasteiger partial charge in [0.1, 0.15) is 0 Å². The van der Waals surface area contributed by atoms with E-state index >= 15 is 0 Å². The van der Waals surface area contributed by atoms with Crippen LogP contribution in [0.1, 0.15) is 53.9 Å². The highest BCUT2D eigenvalue weighted by molar-refractivity contribution is 5.69. The summed E-state index contributed by atoms with van der Waals surface area (Å²) in [6.45, 7) is 9.12. The van der Waals surface area contributed by atoms with Crippen LogP contribution in [-0.4, -0.2) is 34.9 Å². The minimum atomic E-state index is -1.02. The second kappa shape index (κ2) is 7.95. The number of azo groups is 1. The first-order chi connectivity index (χ1) is 9.08. The molecule has 2 atom stereocenters. The zero-order valence-electron chi connectivity index (χ0n) is 13.0. The molecule has 0 aliphatic heterocycles. The lowest BCUT2D eigenvalue weighted by Crippen LogP contribution is -2.23. The largest absolute Gasteiger partial charge is 0.466 e. The zero-order valence-corrected chi connectivity index (χ0v) is 13.0. The molecule has 0 heterocycles. The molecule has 0 amide bonds. The Balaban J connectivity index is 4.28. The molecule has 0 fully saturated rings. The van der Waals surface area contributed by atoms with E-state index in [1.807, 2.05) is 20.8 Å². The number of aliphatic hydroxyl groups is 1. The van der Waals surface area contributed by atoms with Crippen molar-refractivity contribution in [2.75, 3.05) is 6.61 Å². The molecule has 0 saturated carbocycles. The maximum absolute atomic E-state index is 11.5. The molecule has 0 aliphatic carbocycles. The number of esters is 1. The number of hydrogen-bond donors (Lipinski definition) is 1. The monoisotopic (exact) mass is 283 g/mol. The number of ether oxygens (including phenoxy) is 1. The molecule has 0 aliphatic rings. The first-order valence-corrected chi connectivity index (χ1v) is 6.77. The zero-order chi connectivity index (χ0) is 15.8. The summed E-state index contributed by atoms with van der Waals surface area (Å²) in [7, 11) is 0. The van der Waals surface area contributed by atoms with Crippen molar-refractivity contribution in [1.29, 1.82) is 5.26 Å². The minimum absolute atomic E-state index is 0.104. The molecule has 20 heavy (non-hydrogen) atoms. The third kappa shape index (κ3) is 9.45. The van der Waals surface area contributed by atoms with E-state index in [1.165, 1.54) is 0 Å². The molecule has 0 rings (SSSR count). The van der Waals surface area contributed by atoms with Gasteiger partial charge in [0, 0.05) is 12.8 Å². The van der Waals surface area contributed by atoms with Crippen LogP contribution in [0.4, 0.5) is 0 Å². The number of rotatable bonds is 7. The van der Waals surface area contributed by atoms with Gasteiger partial charge in [-0.2, -0.15) is 15.5 Å². The van der Waals surface area contributed by atoms with Gasteiger partial charge in [0.2, 0.25) is 0 Å². The third-order valence-electron chi connectivity index (χ3n) is 2.43. The summed E-state index contributed by atoms with van der Waals surface area (Å²) in [4.78, 5) is 11.5. The molecule has 6 nitrogen and oxygen atoms in total. The van der Waals surface area contributed by atoms with Crippen LogP contribution in [0.3, 0.4) is 0 Å². The maximum atomic E-state index is 11.5. The topological polar surface area (TPSA) is 95.0 Å². The number of carbonyl (C=O) groups excluding carboxylic acids is 1. The fourth-order valence-electron chi connectivity index (χ4n) is 1.15. The van der Waals surface area contributed by atoms with Gasteiger partial charge in [-0.15, -0.1) is 0 Å². The van der Waals surface area contributed by atoms with E-state index in [9.17, 15) is 4.79 Å². The highest BCUT2D eigenvalue weighted by Gasteiger charge is 2.26. The van der Waals surface area contributed by atoms with E-state index in [1.54, 1.807) is 13.8 Å². The van der Waals surface area contributed by atoms with Gasteiger partial charge in [0.15, 0.2) is 5.54 Å². The summed E-state index contributed by atoms with van der Waals surface area (Å²) >= 11 is 0. The lowest BCUT2D eigenvalue weighted by Gasteiger charge is -2.17. The van der Waals surface area contributed by atoms with Crippen LogP contribution >= 0.6 is 0 Å². The van der Waals surface area contributed by atoms with Crippen LogP contribution in [0.15, 0.2) is 10.2 Å². The highest BCUT2D eigenvalue weighted by atomic mass is 16.5. The molecule has 0 aromatic rings. The van der Waals surface area contributed by atoms with E-state index in [2.05, 4.69) is 16.3 Å². The average molecular weight is 283 g/mol. The van der Waals surface area contributed by atoms with Crippen molar-refractivity contribution >= 4 is 5.97 Å². The normalized spacial score (nSPS) is 16.4. The molecular formula is C14H25N3O3. The van der Waals surface area contributed by atoms with Gasteiger partial charge in [0.25, 0.3) is 0 Å². The fraction of sp³-hybridized carbons (Fsp3) is 0.857. The molecule has 0 aromatic carbocycles. The van der Waals surface area contributed by atoms with Gasteiger partial charge >= 0.3 is 5.97 Å². The summed E-state index contributed by atoms with van der Waals surface area (Å²) in [5.74, 6) is -0.391. The summed E-state index contributed by atoms with van der Waals surface area (Å²) in [5, 5.41) is 26.3. The Hall–Kier alpha value is -1.48. The maximum Gasteiger partial charge on any atom is 0.305 e. The molecule has 0 bridgehead atoms. The van der Waals surface area contributed by atoms with Crippen LogP contribution in [-0.2, 0) is 9.53 Å². The Morgan fingerprint density at radius 1 is 1.35 bits per heavy atom. The number of carbonyl (C=O) groups is 1. The molecule has 0 radical (unpaired) electrons. The van der Waals surface area contributed by atoms with Gasteiger partial charge in [-0.05, 0) is 41.0 Å². The SMILES string of the molecule is CC(O)CCOC(=O)CCC(C)(C#N)/N=N/C(C)(C)C. The van der Waals surface area contributed by atoms with Crippen molar-refractivity contribution in [3.63, 3.8) is 0 Å². The van der Waals surface area contributed by atoms with Crippen molar-refractivity contribution in [2.45, 2.75) is 71.1 Å². The molecule has 1 N–H and O–H groups in total. The molecule has 114 valence electrons. The number of nitriles is 1. The third-order valence-corrected chi connectivity index (χ3v) is 2.43. The average Bonchev–Trinajstić information content (AvgIpc) is 2.33. The van der Waals surface area contributed by atoms with Crippen molar-refractivity contribution < 1.29 is 14.6 Å². The Kier molecular flexibility index (Phi) is 7.36. The smallest absolute Gasteiger partial charge is 0.305 e. The van der Waals surface area contributed by atoms with Crippen LogP contribution in [0.25, 0.3) is 0 Å². The van der Waals surface area contributed by atoms with Crippen LogP contribution < -0.4 is 0 Å². The molecule has 0 saturated heterocycles. The minimum Gasteiger partial charge on any atom is -0.466 e. The molecular weight excluding hydrogens is 258 g/mol. The molecule has 0 spiro atoms. The van der Waals surface area contributed by atoms with Crippen LogP contribution in [0.2, 0.25) is 0 Å². The fourth-order valence-corrected chi connectivity index (χ4v) is 1.15. The summed E-state index contributed by atoms with van der Waals surface area (Å²) < 4.78 is 4.96. The van der Waals surface area contributed by atoms with E-state index in [-0.39, 0.29) is 25.0 Å². The second-order valence-corrected chi connectivity index (χ2v) is 6.11. The number of nitrogens with zero attached hydrogens (tertiary/aromatic N) is 3. The number of aliphatic hydroxyl groups excluding tert-OH is 1. The Bertz CT molecular complexity index is 380. The second-order valence-electron chi connectivity index (χ2n) is 6.11. The van der Waals surface area contributed by atoms with Gasteiger partial charge in [0.05, 0.1) is 24.3 Å². The van der Waals surface area contributed by atoms with E-state index in [0.29, 0.717) is 6.42 Å². The number of hydrogen-bond acceptors (Lipinski definition) is 6. The predicted molar refractivity (Wildman–Crippen MR) is 75.1 cm³/mol. The molecule has 6 heteroatoms. The van der Waals surface area contributed by atoms with Crippen LogP contribution in [0, 0.1) is 11.3 Å². The predicted octanol–water partition coefficient (Wildman–Crippen LogP) is 2.61. The van der Waals surface area contributed by atoms with E-state index < -0.39 is 17.6 Å². The van der Waals surface area contributed by atoms with Crippen molar-refractivity contribution in [3.8, 4) is 6.07 Å². The van der Waals surface area contributed by atoms with Crippen molar-refractivity contribution in [3.05, 3.63) is 0 Å². The first kappa shape index (κ1) is 18.5. The summed E-state index contributed by atoms with van der Waals surface area (Å²) in [6, 6.07) is 2.07. The van der Waals surface area contributed by atoms with Crippen molar-refractivity contribution in [2.24, 2.45) is 10.2 Å². The van der Waals surface area contributed by atoms with Gasteiger partial charge in [-0.25, -0.2) is 0 Å². The van der Waals surface area contributed by atoms with Gasteiger partial charge in [-0.1, -0.05) is 0 Å². The lowest BCUT2D eigenvalue weighted by atomic mass is 9.99. The summed E-state index contributed by atoms with van der Waals surface area (Å²) in [6.07, 6.45) is 0.280. The van der Waals surface area contributed by atoms with E-state index in [4.69, 9.17) is 15.1 Å². The Morgan fingerprint density at radius 3 is 2.40 bits per heavy atom. The van der Waals surface area contributed by atoms with Gasteiger partial charge < -0.3 is 9.84 Å². The van der Waals surface area contributed by atoms with Crippen LogP contribution in [0.5, 0.6) is 0 Å². The molecule has 2 unspecified atom stereocenters. The molecule has 0 aromatic heterocycles. The first-order valence-electron chi connectivity index (χ1n) is 6.77. The van der Waals surface area contributed by atoms with Crippen molar-refractivity contribution in [1.82, 2.24) is 0 Å². The quantitative estimate of drug-likeness (QED) is 0.574. The Labute approximate surface area is 120 Å². The lowest BCUT2D eigenvalue weighted by molar-refractivity contribution is -0.144. The standard InChI is InChI=1S/C14H25N3O3/c1-11(18)7-9-20-12(19)6-8-14(5,10-15)17-16-13(2,3)4/h11,18H,6-9H2,1-5H3/b17-16+. The Morgan fingerprint density at radius 2 is 1.95 bits per heavy atom. The highest BCUT2D eigenvalue weighted by Crippen LogP contribution is 2.20. The van der Waals surface area contributed by atoms with E-state index in [0.717, 1.165) is 0 Å². The summed E-state index contributed by atoms with van der Waals surface area (Å²) in [5.41, 5.74) is -1.37.